The van der Waals surface area contributed by atoms with Crippen molar-refractivity contribution in [3.8, 4) is 0 Å². The molecule has 3 aliphatic heterocycles. The van der Waals surface area contributed by atoms with Crippen LogP contribution in [0, 0.1) is 24.0 Å². The third-order valence-electron chi connectivity index (χ3n) is 9.56. The lowest BCUT2D eigenvalue weighted by molar-refractivity contribution is -0.0371. The molecule has 40 heavy (non-hydrogen) atoms. The van der Waals surface area contributed by atoms with Crippen LogP contribution in [0.15, 0.2) is 30.3 Å². The fourth-order valence-electron chi connectivity index (χ4n) is 7.66. The van der Waals surface area contributed by atoms with Gasteiger partial charge in [0, 0.05) is 37.3 Å². The Labute approximate surface area is 237 Å². The zero-order valence-corrected chi connectivity index (χ0v) is 24.3. The Morgan fingerprint density at radius 2 is 1.52 bits per heavy atom. The fraction of sp³-hybridized carbons (Fsp3) is 0.636. The molecule has 2 fully saturated rings. The molecule has 0 bridgehead atoms. The van der Waals surface area contributed by atoms with Crippen molar-refractivity contribution < 1.29 is 17.6 Å². The van der Waals surface area contributed by atoms with Gasteiger partial charge in [-0.25, -0.2) is 17.6 Å². The van der Waals surface area contributed by atoms with E-state index in [1.54, 1.807) is 4.90 Å². The van der Waals surface area contributed by atoms with Crippen LogP contribution in [0.5, 0.6) is 0 Å². The van der Waals surface area contributed by atoms with Gasteiger partial charge in [0.2, 0.25) is 0 Å². The molecule has 1 N–H and O–H groups in total. The normalized spacial score (nSPS) is 24.6. The van der Waals surface area contributed by atoms with Crippen LogP contribution in [0.1, 0.15) is 93.5 Å². The van der Waals surface area contributed by atoms with E-state index in [-0.39, 0.29) is 11.6 Å². The van der Waals surface area contributed by atoms with Crippen LogP contribution < -0.4 is 10.2 Å². The van der Waals surface area contributed by atoms with Crippen LogP contribution in [-0.2, 0) is 6.42 Å². The molecule has 0 aromatic heterocycles. The summed E-state index contributed by atoms with van der Waals surface area (Å²) in [5, 5.41) is 3.51. The van der Waals surface area contributed by atoms with Crippen molar-refractivity contribution in [2.75, 3.05) is 37.6 Å². The molecule has 0 aliphatic carbocycles. The molecule has 2 saturated heterocycles. The van der Waals surface area contributed by atoms with Gasteiger partial charge in [0.1, 0.15) is 11.6 Å². The lowest BCUT2D eigenvalue weighted by Gasteiger charge is -2.43. The van der Waals surface area contributed by atoms with Crippen molar-refractivity contribution in [3.05, 3.63) is 64.2 Å². The van der Waals surface area contributed by atoms with Gasteiger partial charge in [-0.2, -0.15) is 0 Å². The van der Waals surface area contributed by atoms with Crippen LogP contribution >= 0.6 is 0 Å². The fourth-order valence-corrected chi connectivity index (χ4v) is 7.66. The van der Waals surface area contributed by atoms with Crippen molar-refractivity contribution in [1.82, 2.24) is 10.2 Å². The quantitative estimate of drug-likeness (QED) is 0.386. The van der Waals surface area contributed by atoms with Gasteiger partial charge in [0.25, 0.3) is 5.92 Å². The number of rotatable bonds is 4. The summed E-state index contributed by atoms with van der Waals surface area (Å²) in [5.74, 6) is -4.30. The number of hydrogen-bond donors (Lipinski definition) is 1. The Kier molecular flexibility index (Phi) is 8.82. The van der Waals surface area contributed by atoms with E-state index in [0.29, 0.717) is 23.1 Å². The van der Waals surface area contributed by atoms with Gasteiger partial charge < -0.3 is 10.2 Å². The number of halogens is 4. The van der Waals surface area contributed by atoms with Crippen molar-refractivity contribution in [2.24, 2.45) is 5.41 Å². The van der Waals surface area contributed by atoms with Gasteiger partial charge >= 0.3 is 0 Å². The smallest absolute Gasteiger partial charge is 0.257 e. The third-order valence-corrected chi connectivity index (χ3v) is 9.56. The van der Waals surface area contributed by atoms with Gasteiger partial charge in [0.05, 0.1) is 12.6 Å². The van der Waals surface area contributed by atoms with E-state index in [4.69, 9.17) is 0 Å². The van der Waals surface area contributed by atoms with Crippen LogP contribution in [0.4, 0.5) is 23.2 Å². The second kappa shape index (κ2) is 12.0. The summed E-state index contributed by atoms with van der Waals surface area (Å²) in [6, 6.07) is 7.46. The number of benzene rings is 2. The first-order chi connectivity index (χ1) is 19.1. The summed E-state index contributed by atoms with van der Waals surface area (Å²) < 4.78 is 60.7. The van der Waals surface area contributed by atoms with Crippen molar-refractivity contribution in [1.29, 1.82) is 0 Å². The Morgan fingerprint density at radius 3 is 2.12 bits per heavy atom. The van der Waals surface area contributed by atoms with Gasteiger partial charge in [-0.1, -0.05) is 23.8 Å². The molecule has 2 aromatic carbocycles. The largest absolute Gasteiger partial charge is 0.371 e. The highest BCUT2D eigenvalue weighted by Gasteiger charge is 2.41. The van der Waals surface area contributed by atoms with Gasteiger partial charge in [0.15, 0.2) is 0 Å². The summed E-state index contributed by atoms with van der Waals surface area (Å²) in [6.45, 7) is 7.89. The van der Waals surface area contributed by atoms with Crippen LogP contribution in [0.25, 0.3) is 0 Å². The number of nitrogens with zero attached hydrogens (tertiary/aromatic N) is 2. The van der Waals surface area contributed by atoms with E-state index in [2.05, 4.69) is 10.2 Å². The Hall–Kier alpha value is -2.12. The average molecular weight is 560 g/mol. The zero-order chi connectivity index (χ0) is 28.5. The van der Waals surface area contributed by atoms with E-state index in [9.17, 15) is 8.78 Å². The van der Waals surface area contributed by atoms with E-state index in [1.165, 1.54) is 37.8 Å². The van der Waals surface area contributed by atoms with Crippen LogP contribution in [-0.4, -0.2) is 49.6 Å². The molecule has 0 radical (unpaired) electrons. The van der Waals surface area contributed by atoms with Gasteiger partial charge in [-0.05, 0) is 113 Å². The molecule has 3 aliphatic rings. The summed E-state index contributed by atoms with van der Waals surface area (Å²) in [7, 11) is 0. The molecule has 2 atom stereocenters. The Bertz CT molecular complexity index is 1130. The first-order valence-corrected chi connectivity index (χ1v) is 15.2. The Balaban J connectivity index is 1.42. The minimum Gasteiger partial charge on any atom is -0.371 e. The summed E-state index contributed by atoms with van der Waals surface area (Å²) >= 11 is 0. The maximum atomic E-state index is 16.0. The minimum absolute atomic E-state index is 0.126. The zero-order valence-electron chi connectivity index (χ0n) is 24.3. The number of nitrogens with one attached hydrogen (secondary N) is 1. The van der Waals surface area contributed by atoms with E-state index in [0.717, 1.165) is 69.9 Å². The highest BCUT2D eigenvalue weighted by Crippen LogP contribution is 2.44. The molecule has 3 nitrogen and oxygen atoms in total. The average Bonchev–Trinajstić information content (AvgIpc) is 2.83. The monoisotopic (exact) mass is 559 g/mol. The molecule has 1 spiro atoms. The molecule has 7 heteroatoms. The molecule has 220 valence electrons. The Morgan fingerprint density at radius 1 is 0.925 bits per heavy atom. The summed E-state index contributed by atoms with van der Waals surface area (Å²) in [4.78, 5) is 3.70. The van der Waals surface area contributed by atoms with Gasteiger partial charge in [-0.15, -0.1) is 0 Å². The number of fused-ring (bicyclic) bond motifs is 1. The lowest BCUT2D eigenvalue weighted by atomic mass is 9.71. The molecular formula is C33H45F4N3. The topological polar surface area (TPSA) is 18.5 Å². The second-order valence-electron chi connectivity index (χ2n) is 12.9. The van der Waals surface area contributed by atoms with E-state index >= 15 is 8.78 Å². The molecule has 0 saturated carbocycles. The molecule has 1 unspecified atom stereocenters. The third kappa shape index (κ3) is 6.51. The van der Waals surface area contributed by atoms with Gasteiger partial charge in [-0.3, -0.25) is 4.90 Å². The molecule has 0 amide bonds. The molecule has 3 heterocycles. The standard InChI is InChI=1S/C33H45F4N3/c1-23-8-9-27-25(18-23)19-24(2)40(22-32(3,36)37)31(27)30-28(34)20-26(21-29(30)35)39-16-6-12-33(13-7-17-39)10-4-14-38-15-5-11-33/h8-9,18,20-21,24,31,38H,4-7,10-17,19,22H2,1-3H3/t24-,31?/m1/s1. The highest BCUT2D eigenvalue weighted by molar-refractivity contribution is 5.52. The number of anilines is 1. The molecule has 5 rings (SSSR count). The predicted molar refractivity (Wildman–Crippen MR) is 154 cm³/mol. The number of aryl methyl sites for hydroxylation is 1. The van der Waals surface area contributed by atoms with Crippen LogP contribution in [0.3, 0.4) is 0 Å². The lowest BCUT2D eigenvalue weighted by Crippen LogP contribution is -2.48. The number of alkyl halides is 2. The van der Waals surface area contributed by atoms with Crippen molar-refractivity contribution in [2.45, 2.75) is 96.6 Å². The molecule has 2 aromatic rings. The summed E-state index contributed by atoms with van der Waals surface area (Å²) in [6.07, 6.45) is 9.83. The first kappa shape index (κ1) is 29.4. The first-order valence-electron chi connectivity index (χ1n) is 15.2. The van der Waals surface area contributed by atoms with E-state index in [1.807, 2.05) is 32.0 Å². The SMILES string of the molecule is Cc1ccc2c(c1)C[C@@H](C)N(CC(C)(F)F)C2c1c(F)cc(N2CCCC3(CCCNCCC3)CCC2)cc1F. The van der Waals surface area contributed by atoms with Crippen LogP contribution in [0.2, 0.25) is 0 Å². The minimum atomic E-state index is -2.99. The second-order valence-corrected chi connectivity index (χ2v) is 12.9. The van der Waals surface area contributed by atoms with E-state index < -0.39 is 30.1 Å². The maximum Gasteiger partial charge on any atom is 0.257 e. The predicted octanol–water partition coefficient (Wildman–Crippen LogP) is 7.79. The van der Waals surface area contributed by atoms with Crippen molar-refractivity contribution in [3.63, 3.8) is 0 Å². The highest BCUT2D eigenvalue weighted by atomic mass is 19.3. The summed E-state index contributed by atoms with van der Waals surface area (Å²) in [5.41, 5.74) is 3.56. The molecular weight excluding hydrogens is 514 g/mol. The number of hydrogen-bond acceptors (Lipinski definition) is 3. The maximum absolute atomic E-state index is 16.0. The van der Waals surface area contributed by atoms with Crippen molar-refractivity contribution >= 4 is 5.69 Å².